The van der Waals surface area contributed by atoms with Crippen LogP contribution in [-0.2, 0) is 6.54 Å². The van der Waals surface area contributed by atoms with Gasteiger partial charge in [0.2, 0.25) is 0 Å². The van der Waals surface area contributed by atoms with Crippen molar-refractivity contribution in [3.05, 3.63) is 69.7 Å². The Kier molecular flexibility index (Phi) is 5.26. The molecule has 2 aromatic rings. The van der Waals surface area contributed by atoms with Crippen molar-refractivity contribution in [2.75, 3.05) is 26.2 Å². The Morgan fingerprint density at radius 2 is 1.75 bits per heavy atom. The van der Waals surface area contributed by atoms with Gasteiger partial charge in [-0.15, -0.1) is 0 Å². The minimum absolute atomic E-state index is 0.00659. The largest absolute Gasteiger partial charge is 0.336 e. The topological polar surface area (TPSA) is 23.6 Å². The molecule has 1 heterocycles. The number of hydrogen-bond donors (Lipinski definition) is 0. The van der Waals surface area contributed by atoms with Crippen molar-refractivity contribution in [3.63, 3.8) is 0 Å². The van der Waals surface area contributed by atoms with E-state index in [1.54, 1.807) is 23.1 Å². The van der Waals surface area contributed by atoms with E-state index in [0.29, 0.717) is 43.9 Å². The number of amides is 1. The Morgan fingerprint density at radius 3 is 2.46 bits per heavy atom. The second-order valence-corrected chi connectivity index (χ2v) is 6.71. The lowest BCUT2D eigenvalue weighted by molar-refractivity contribution is 0.0627. The van der Waals surface area contributed by atoms with Crippen LogP contribution in [0.5, 0.6) is 0 Å². The van der Waals surface area contributed by atoms with Gasteiger partial charge in [0.1, 0.15) is 0 Å². The number of rotatable bonds is 3. The van der Waals surface area contributed by atoms with E-state index in [1.165, 1.54) is 6.07 Å². The highest BCUT2D eigenvalue weighted by Crippen LogP contribution is 2.17. The number of nitrogens with zero attached hydrogens (tertiary/aromatic N) is 2. The number of halogens is 3. The van der Waals surface area contributed by atoms with Gasteiger partial charge in [-0.3, -0.25) is 9.69 Å². The molecule has 0 saturated carbocycles. The first-order valence-electron chi connectivity index (χ1n) is 7.74. The SMILES string of the molecule is O=C(c1cccc(Br)c1)N1CCN(Cc2cccc(F)c2F)CC1. The van der Waals surface area contributed by atoms with Crippen molar-refractivity contribution in [1.82, 2.24) is 9.80 Å². The molecule has 1 aliphatic heterocycles. The van der Waals surface area contributed by atoms with Gasteiger partial charge in [-0.05, 0) is 24.3 Å². The Labute approximate surface area is 148 Å². The maximum atomic E-state index is 13.8. The first-order chi connectivity index (χ1) is 11.5. The lowest BCUT2D eigenvalue weighted by Crippen LogP contribution is -2.48. The molecular weight excluding hydrogens is 378 g/mol. The minimum atomic E-state index is -0.823. The van der Waals surface area contributed by atoms with Gasteiger partial charge in [0.15, 0.2) is 11.6 Å². The number of benzene rings is 2. The van der Waals surface area contributed by atoms with Crippen molar-refractivity contribution >= 4 is 21.8 Å². The molecule has 0 N–H and O–H groups in total. The first-order valence-corrected chi connectivity index (χ1v) is 8.54. The summed E-state index contributed by atoms with van der Waals surface area (Å²) in [7, 11) is 0. The van der Waals surface area contributed by atoms with E-state index in [9.17, 15) is 13.6 Å². The van der Waals surface area contributed by atoms with E-state index in [4.69, 9.17) is 0 Å². The third kappa shape index (κ3) is 3.82. The van der Waals surface area contributed by atoms with Crippen molar-refractivity contribution < 1.29 is 13.6 Å². The predicted molar refractivity (Wildman–Crippen MR) is 91.7 cm³/mol. The van der Waals surface area contributed by atoms with Gasteiger partial charge < -0.3 is 4.90 Å². The molecule has 0 aromatic heterocycles. The molecule has 0 radical (unpaired) electrons. The Balaban J connectivity index is 1.59. The molecule has 0 unspecified atom stereocenters. The highest BCUT2D eigenvalue weighted by molar-refractivity contribution is 9.10. The molecule has 0 aliphatic carbocycles. The summed E-state index contributed by atoms with van der Waals surface area (Å²) in [5.74, 6) is -1.62. The summed E-state index contributed by atoms with van der Waals surface area (Å²) in [6.07, 6.45) is 0. The van der Waals surface area contributed by atoms with E-state index >= 15 is 0 Å². The number of piperazine rings is 1. The molecule has 0 atom stereocenters. The molecular formula is C18H17BrF2N2O. The van der Waals surface area contributed by atoms with E-state index < -0.39 is 11.6 Å². The maximum absolute atomic E-state index is 13.8. The molecule has 1 aliphatic rings. The fraction of sp³-hybridized carbons (Fsp3) is 0.278. The highest BCUT2D eigenvalue weighted by atomic mass is 79.9. The van der Waals surface area contributed by atoms with Crippen LogP contribution in [-0.4, -0.2) is 41.9 Å². The van der Waals surface area contributed by atoms with Gasteiger partial charge in [0.05, 0.1) is 0 Å². The predicted octanol–water partition coefficient (Wildman–Crippen LogP) is 3.69. The second-order valence-electron chi connectivity index (χ2n) is 5.79. The molecule has 0 spiro atoms. The number of carbonyl (C=O) groups is 1. The van der Waals surface area contributed by atoms with Gasteiger partial charge in [0, 0.05) is 48.3 Å². The molecule has 1 amide bonds. The summed E-state index contributed by atoms with van der Waals surface area (Å²) in [4.78, 5) is 16.3. The van der Waals surface area contributed by atoms with Gasteiger partial charge in [0.25, 0.3) is 5.91 Å². The van der Waals surface area contributed by atoms with Crippen molar-refractivity contribution in [2.24, 2.45) is 0 Å². The molecule has 126 valence electrons. The Bertz CT molecular complexity index is 746. The van der Waals surface area contributed by atoms with Crippen LogP contribution in [0, 0.1) is 11.6 Å². The average Bonchev–Trinajstić information content (AvgIpc) is 2.59. The summed E-state index contributed by atoms with van der Waals surface area (Å²) in [5, 5.41) is 0. The van der Waals surface area contributed by atoms with Crippen molar-refractivity contribution in [2.45, 2.75) is 6.54 Å². The molecule has 1 saturated heterocycles. The van der Waals surface area contributed by atoms with Crippen molar-refractivity contribution in [1.29, 1.82) is 0 Å². The van der Waals surface area contributed by atoms with Gasteiger partial charge in [-0.25, -0.2) is 8.78 Å². The zero-order valence-electron chi connectivity index (χ0n) is 13.0. The summed E-state index contributed by atoms with van der Waals surface area (Å²) in [5.41, 5.74) is 0.996. The zero-order chi connectivity index (χ0) is 17.1. The monoisotopic (exact) mass is 394 g/mol. The molecule has 24 heavy (non-hydrogen) atoms. The fourth-order valence-electron chi connectivity index (χ4n) is 2.82. The summed E-state index contributed by atoms with van der Waals surface area (Å²) in [6, 6.07) is 11.5. The van der Waals surface area contributed by atoms with Crippen LogP contribution in [0.3, 0.4) is 0 Å². The first kappa shape index (κ1) is 17.0. The van der Waals surface area contributed by atoms with Crippen LogP contribution in [0.4, 0.5) is 8.78 Å². The maximum Gasteiger partial charge on any atom is 0.253 e. The number of hydrogen-bond acceptors (Lipinski definition) is 2. The summed E-state index contributed by atoms with van der Waals surface area (Å²) < 4.78 is 27.9. The molecule has 0 bridgehead atoms. The van der Waals surface area contributed by atoms with Crippen LogP contribution < -0.4 is 0 Å². The molecule has 6 heteroatoms. The van der Waals surface area contributed by atoms with Crippen LogP contribution in [0.15, 0.2) is 46.9 Å². The van der Waals surface area contributed by atoms with Gasteiger partial charge in [-0.1, -0.05) is 34.1 Å². The van der Waals surface area contributed by atoms with Crippen LogP contribution in [0.1, 0.15) is 15.9 Å². The van der Waals surface area contributed by atoms with Crippen molar-refractivity contribution in [3.8, 4) is 0 Å². The second kappa shape index (κ2) is 7.40. The van der Waals surface area contributed by atoms with E-state index in [2.05, 4.69) is 15.9 Å². The molecule has 1 fully saturated rings. The third-order valence-corrected chi connectivity index (χ3v) is 4.65. The van der Waals surface area contributed by atoms with Gasteiger partial charge in [-0.2, -0.15) is 0 Å². The fourth-order valence-corrected chi connectivity index (χ4v) is 3.22. The zero-order valence-corrected chi connectivity index (χ0v) is 14.6. The quantitative estimate of drug-likeness (QED) is 0.792. The Hall–Kier alpha value is -1.79. The van der Waals surface area contributed by atoms with Gasteiger partial charge >= 0.3 is 0 Å². The number of carbonyl (C=O) groups excluding carboxylic acids is 1. The van der Waals surface area contributed by atoms with E-state index in [1.807, 2.05) is 17.0 Å². The standard InChI is InChI=1S/C18H17BrF2N2O/c19-15-5-1-3-13(11-15)18(24)23-9-7-22(8-10-23)12-14-4-2-6-16(20)17(14)21/h1-6,11H,7-10,12H2. The smallest absolute Gasteiger partial charge is 0.253 e. The normalized spacial score (nSPS) is 15.5. The van der Waals surface area contributed by atoms with E-state index in [0.717, 1.165) is 10.5 Å². The van der Waals surface area contributed by atoms with Crippen LogP contribution >= 0.6 is 15.9 Å². The molecule has 2 aromatic carbocycles. The minimum Gasteiger partial charge on any atom is -0.336 e. The van der Waals surface area contributed by atoms with Crippen LogP contribution in [0.2, 0.25) is 0 Å². The average molecular weight is 395 g/mol. The highest BCUT2D eigenvalue weighted by Gasteiger charge is 2.23. The summed E-state index contributed by atoms with van der Waals surface area (Å²) in [6.45, 7) is 2.76. The Morgan fingerprint density at radius 1 is 1.04 bits per heavy atom. The van der Waals surface area contributed by atoms with E-state index in [-0.39, 0.29) is 5.91 Å². The lowest BCUT2D eigenvalue weighted by atomic mass is 10.1. The lowest BCUT2D eigenvalue weighted by Gasteiger charge is -2.34. The molecule has 3 nitrogen and oxygen atoms in total. The molecule has 3 rings (SSSR count). The summed E-state index contributed by atoms with van der Waals surface area (Å²) >= 11 is 3.37. The van der Waals surface area contributed by atoms with Crippen LogP contribution in [0.25, 0.3) is 0 Å². The third-order valence-electron chi connectivity index (χ3n) is 4.16.